The minimum Gasteiger partial charge on any atom is -0.306 e. The Balaban J connectivity index is 1.84. The van der Waals surface area contributed by atoms with Crippen molar-refractivity contribution in [3.63, 3.8) is 0 Å². The van der Waals surface area contributed by atoms with Crippen molar-refractivity contribution in [3.8, 4) is 0 Å². The molecule has 0 radical (unpaired) electrons. The van der Waals surface area contributed by atoms with Crippen LogP contribution in [0.1, 0.15) is 18.5 Å². The number of nitrogens with zero attached hydrogens (tertiary/aromatic N) is 3. The lowest BCUT2D eigenvalue weighted by atomic mass is 10.0. The summed E-state index contributed by atoms with van der Waals surface area (Å²) in [6, 6.07) is 21.1. The molecule has 0 fully saturated rings. The summed E-state index contributed by atoms with van der Waals surface area (Å²) in [7, 11) is 0. The summed E-state index contributed by atoms with van der Waals surface area (Å²) in [6.45, 7) is 2.14. The van der Waals surface area contributed by atoms with E-state index in [9.17, 15) is 0 Å². The molecule has 0 N–H and O–H groups in total. The van der Waals surface area contributed by atoms with E-state index in [-0.39, 0.29) is 6.04 Å². The molecular weight excluding hydrogens is 270 g/mol. The molecule has 1 unspecified atom stereocenters. The van der Waals surface area contributed by atoms with Gasteiger partial charge in [0.15, 0.2) is 0 Å². The molecule has 1 aliphatic heterocycles. The van der Waals surface area contributed by atoms with Gasteiger partial charge in [0, 0.05) is 23.8 Å². The summed E-state index contributed by atoms with van der Waals surface area (Å²) in [4.78, 5) is 6.78. The maximum absolute atomic E-state index is 4.59. The van der Waals surface area contributed by atoms with Crippen LogP contribution in [0.25, 0.3) is 0 Å². The van der Waals surface area contributed by atoms with Gasteiger partial charge in [0.05, 0.1) is 6.04 Å². The van der Waals surface area contributed by atoms with Gasteiger partial charge in [0.1, 0.15) is 0 Å². The normalized spacial score (nSPS) is 17.0. The van der Waals surface area contributed by atoms with Gasteiger partial charge in [-0.05, 0) is 30.7 Å². The molecule has 3 nitrogen and oxygen atoms in total. The highest BCUT2D eigenvalue weighted by atomic mass is 15.3. The average Bonchev–Trinajstić information content (AvgIpc) is 3.05. The van der Waals surface area contributed by atoms with Crippen LogP contribution in [0.2, 0.25) is 0 Å². The van der Waals surface area contributed by atoms with Crippen molar-refractivity contribution in [1.29, 1.82) is 0 Å². The molecule has 0 aliphatic carbocycles. The van der Waals surface area contributed by atoms with E-state index in [0.29, 0.717) is 0 Å². The maximum Gasteiger partial charge on any atom is 0.215 e. The van der Waals surface area contributed by atoms with Crippen molar-refractivity contribution in [2.45, 2.75) is 13.0 Å². The molecule has 1 aliphatic rings. The van der Waals surface area contributed by atoms with Crippen LogP contribution in [-0.2, 0) is 0 Å². The molecule has 108 valence electrons. The lowest BCUT2D eigenvalue weighted by Gasteiger charge is -2.33. The zero-order valence-electron chi connectivity index (χ0n) is 12.4. The second-order valence-corrected chi connectivity index (χ2v) is 5.47. The van der Waals surface area contributed by atoms with Crippen LogP contribution in [0.5, 0.6) is 0 Å². The second-order valence-electron chi connectivity index (χ2n) is 5.47. The zero-order chi connectivity index (χ0) is 14.9. The van der Waals surface area contributed by atoms with E-state index in [2.05, 4.69) is 76.0 Å². The van der Waals surface area contributed by atoms with Gasteiger partial charge in [0.25, 0.3) is 0 Å². The molecule has 22 heavy (non-hydrogen) atoms. The van der Waals surface area contributed by atoms with Gasteiger partial charge < -0.3 is 4.57 Å². The van der Waals surface area contributed by atoms with Gasteiger partial charge in [0.2, 0.25) is 5.95 Å². The Hall–Kier alpha value is -2.81. The minimum absolute atomic E-state index is 0.193. The number of allylic oxidation sites excluding steroid dienone is 2. The summed E-state index contributed by atoms with van der Waals surface area (Å²) in [5, 5.41) is 0. The van der Waals surface area contributed by atoms with Gasteiger partial charge in [-0.1, -0.05) is 48.5 Å². The molecular formula is C19H17N3. The van der Waals surface area contributed by atoms with Crippen molar-refractivity contribution in [2.24, 2.45) is 0 Å². The Morgan fingerprint density at radius 2 is 1.59 bits per heavy atom. The van der Waals surface area contributed by atoms with Crippen LogP contribution in [0.15, 0.2) is 84.8 Å². The monoisotopic (exact) mass is 287 g/mol. The van der Waals surface area contributed by atoms with Gasteiger partial charge in [-0.2, -0.15) is 0 Å². The summed E-state index contributed by atoms with van der Waals surface area (Å²) in [5.74, 6) is 0.958. The number of aromatic nitrogens is 2. The number of hydrogen-bond donors (Lipinski definition) is 0. The highest BCUT2D eigenvalue weighted by Crippen LogP contribution is 2.37. The molecule has 2 aromatic carbocycles. The highest BCUT2D eigenvalue weighted by molar-refractivity contribution is 5.65. The van der Waals surface area contributed by atoms with E-state index >= 15 is 0 Å². The molecule has 0 saturated carbocycles. The first-order valence-electron chi connectivity index (χ1n) is 7.46. The lowest BCUT2D eigenvalue weighted by molar-refractivity contribution is 0.668. The van der Waals surface area contributed by atoms with E-state index < -0.39 is 0 Å². The number of fused-ring (bicyclic) bond motifs is 1. The molecule has 3 aromatic rings. The number of para-hydroxylation sites is 1. The Labute approximate surface area is 130 Å². The van der Waals surface area contributed by atoms with Crippen LogP contribution in [0, 0.1) is 0 Å². The Morgan fingerprint density at radius 3 is 2.32 bits per heavy atom. The SMILES string of the molecule is CC1=CC(c2ccccc2)n2ccnc2N1c1ccccc1. The largest absolute Gasteiger partial charge is 0.306 e. The number of rotatable bonds is 2. The van der Waals surface area contributed by atoms with Gasteiger partial charge >= 0.3 is 0 Å². The van der Waals surface area contributed by atoms with Crippen LogP contribution >= 0.6 is 0 Å². The van der Waals surface area contributed by atoms with E-state index in [4.69, 9.17) is 0 Å². The smallest absolute Gasteiger partial charge is 0.215 e. The quantitative estimate of drug-likeness (QED) is 0.690. The van der Waals surface area contributed by atoms with Crippen LogP contribution < -0.4 is 4.90 Å². The number of imidazole rings is 1. The van der Waals surface area contributed by atoms with Crippen LogP contribution in [0.4, 0.5) is 11.6 Å². The number of anilines is 2. The van der Waals surface area contributed by atoms with Crippen molar-refractivity contribution < 1.29 is 0 Å². The summed E-state index contributed by atoms with van der Waals surface area (Å²) in [5.41, 5.74) is 3.60. The van der Waals surface area contributed by atoms with Crippen molar-refractivity contribution >= 4 is 11.6 Å². The third-order valence-electron chi connectivity index (χ3n) is 4.06. The van der Waals surface area contributed by atoms with E-state index in [0.717, 1.165) is 11.6 Å². The molecule has 3 heteroatoms. The average molecular weight is 287 g/mol. The molecule has 0 bridgehead atoms. The molecule has 0 amide bonds. The molecule has 4 rings (SSSR count). The summed E-state index contributed by atoms with van der Waals surface area (Å²) < 4.78 is 2.22. The van der Waals surface area contributed by atoms with Gasteiger partial charge in [-0.25, -0.2) is 4.98 Å². The molecule has 0 spiro atoms. The fraction of sp³-hybridized carbons (Fsp3) is 0.105. The highest BCUT2D eigenvalue weighted by Gasteiger charge is 2.26. The predicted octanol–water partition coefficient (Wildman–Crippen LogP) is 4.53. The van der Waals surface area contributed by atoms with E-state index in [1.54, 1.807) is 0 Å². The third-order valence-corrected chi connectivity index (χ3v) is 4.06. The Kier molecular flexibility index (Phi) is 3.04. The van der Waals surface area contributed by atoms with Crippen LogP contribution in [0.3, 0.4) is 0 Å². The lowest BCUT2D eigenvalue weighted by Crippen LogP contribution is -2.26. The van der Waals surface area contributed by atoms with E-state index in [1.165, 1.54) is 11.3 Å². The molecule has 1 aromatic heterocycles. The van der Waals surface area contributed by atoms with Crippen molar-refractivity contribution in [1.82, 2.24) is 9.55 Å². The molecule has 1 atom stereocenters. The predicted molar refractivity (Wildman–Crippen MR) is 89.1 cm³/mol. The standard InChI is InChI=1S/C19H17N3/c1-15-14-18(16-8-4-2-5-9-16)21-13-12-20-19(21)22(15)17-10-6-3-7-11-17/h2-14,18H,1H3. The number of hydrogen-bond acceptors (Lipinski definition) is 2. The fourth-order valence-corrected chi connectivity index (χ4v) is 3.04. The Morgan fingerprint density at radius 1 is 0.909 bits per heavy atom. The second kappa shape index (κ2) is 5.19. The first-order chi connectivity index (χ1) is 10.8. The molecule has 0 saturated heterocycles. The topological polar surface area (TPSA) is 21.1 Å². The fourth-order valence-electron chi connectivity index (χ4n) is 3.04. The first kappa shape index (κ1) is 12.9. The summed E-state index contributed by atoms with van der Waals surface area (Å²) >= 11 is 0. The van der Waals surface area contributed by atoms with E-state index in [1.807, 2.05) is 24.5 Å². The van der Waals surface area contributed by atoms with Crippen molar-refractivity contribution in [2.75, 3.05) is 4.90 Å². The number of benzene rings is 2. The molecule has 2 heterocycles. The van der Waals surface area contributed by atoms with Gasteiger partial charge in [-0.3, -0.25) is 4.90 Å². The third kappa shape index (κ3) is 2.02. The van der Waals surface area contributed by atoms with Gasteiger partial charge in [-0.15, -0.1) is 0 Å². The van der Waals surface area contributed by atoms with Crippen molar-refractivity contribution in [3.05, 3.63) is 90.4 Å². The maximum atomic E-state index is 4.59. The minimum atomic E-state index is 0.193. The Bertz CT molecular complexity index is 803. The summed E-state index contributed by atoms with van der Waals surface area (Å²) in [6.07, 6.45) is 6.20. The zero-order valence-corrected chi connectivity index (χ0v) is 12.4. The van der Waals surface area contributed by atoms with Crippen LogP contribution in [-0.4, -0.2) is 9.55 Å². The first-order valence-corrected chi connectivity index (χ1v) is 7.46.